The fourth-order valence-corrected chi connectivity index (χ4v) is 7.99. The first-order valence-electron chi connectivity index (χ1n) is 26.2. The molecule has 0 spiro atoms. The van der Waals surface area contributed by atoms with Crippen molar-refractivity contribution in [2.24, 2.45) is 11.8 Å². The van der Waals surface area contributed by atoms with Crippen molar-refractivity contribution in [2.75, 3.05) is 13.2 Å². The van der Waals surface area contributed by atoms with Crippen LogP contribution in [0.5, 0.6) is 0 Å². The summed E-state index contributed by atoms with van der Waals surface area (Å²) in [4.78, 5) is 37.9. The Bertz CT molecular complexity index is 900. The lowest BCUT2D eigenvalue weighted by Crippen LogP contribution is -2.30. The quantitative estimate of drug-likeness (QED) is 0.0345. The summed E-state index contributed by atoms with van der Waals surface area (Å²) < 4.78 is 16.8. The van der Waals surface area contributed by atoms with E-state index in [0.717, 1.165) is 69.6 Å². The van der Waals surface area contributed by atoms with E-state index in [4.69, 9.17) is 14.2 Å². The summed E-state index contributed by atoms with van der Waals surface area (Å²) in [5.41, 5.74) is 0. The van der Waals surface area contributed by atoms with Crippen LogP contribution in [0.3, 0.4) is 0 Å². The normalized spacial score (nSPS) is 12.1. The highest BCUT2D eigenvalue weighted by atomic mass is 16.6. The highest BCUT2D eigenvalue weighted by Crippen LogP contribution is 2.17. The van der Waals surface area contributed by atoms with Crippen LogP contribution in [0.25, 0.3) is 0 Å². The molecule has 0 aromatic carbocycles. The molecule has 0 bridgehead atoms. The van der Waals surface area contributed by atoms with Gasteiger partial charge in [-0.25, -0.2) is 0 Å². The second-order valence-corrected chi connectivity index (χ2v) is 19.1. The Morgan fingerprint density at radius 1 is 0.322 bits per heavy atom. The molecule has 0 aromatic heterocycles. The van der Waals surface area contributed by atoms with Gasteiger partial charge in [-0.3, -0.25) is 14.4 Å². The van der Waals surface area contributed by atoms with Gasteiger partial charge in [0.25, 0.3) is 0 Å². The Hall–Kier alpha value is -1.59. The van der Waals surface area contributed by atoms with Gasteiger partial charge in [0.15, 0.2) is 6.10 Å². The van der Waals surface area contributed by atoms with Crippen LogP contribution in [0.1, 0.15) is 291 Å². The third-order valence-corrected chi connectivity index (χ3v) is 12.0. The minimum Gasteiger partial charge on any atom is -0.462 e. The average molecular weight is 835 g/mol. The SMILES string of the molecule is CCCCCCCCCCCC(=O)OC[C@@H](COC(=O)CCCCCCCCCCCCCCCCCC(C)C)OC(=O)CCCCCCCCCCCCCC(C)C. The summed E-state index contributed by atoms with van der Waals surface area (Å²) in [6.45, 7) is 11.4. The molecule has 0 rings (SSSR count). The summed E-state index contributed by atoms with van der Waals surface area (Å²) in [6.07, 6.45) is 46.6. The molecule has 0 saturated carbocycles. The van der Waals surface area contributed by atoms with Gasteiger partial charge in [0.05, 0.1) is 0 Å². The maximum absolute atomic E-state index is 12.8. The number of carbonyl (C=O) groups excluding carboxylic acids is 3. The molecule has 0 unspecified atom stereocenters. The summed E-state index contributed by atoms with van der Waals surface area (Å²) in [5.74, 6) is 0.825. The van der Waals surface area contributed by atoms with Crippen molar-refractivity contribution in [1.82, 2.24) is 0 Å². The first-order valence-corrected chi connectivity index (χ1v) is 26.2. The molecular formula is C53H102O6. The number of hydrogen-bond acceptors (Lipinski definition) is 6. The Kier molecular flexibility index (Phi) is 44.7. The summed E-state index contributed by atoms with van der Waals surface area (Å²) in [7, 11) is 0. The predicted octanol–water partition coefficient (Wildman–Crippen LogP) is 16.9. The topological polar surface area (TPSA) is 78.9 Å². The van der Waals surface area contributed by atoms with Crippen LogP contribution < -0.4 is 0 Å². The molecule has 350 valence electrons. The minimum absolute atomic E-state index is 0.0636. The van der Waals surface area contributed by atoms with Gasteiger partial charge in [0.2, 0.25) is 0 Å². The van der Waals surface area contributed by atoms with Gasteiger partial charge in [0.1, 0.15) is 13.2 Å². The molecule has 0 aromatic rings. The van der Waals surface area contributed by atoms with E-state index in [1.54, 1.807) is 0 Å². The molecule has 0 N–H and O–H groups in total. The molecule has 0 aliphatic heterocycles. The summed E-state index contributed by atoms with van der Waals surface area (Å²) >= 11 is 0. The first-order chi connectivity index (χ1) is 28.7. The number of esters is 3. The fourth-order valence-electron chi connectivity index (χ4n) is 7.99. The molecular weight excluding hydrogens is 733 g/mol. The summed E-state index contributed by atoms with van der Waals surface area (Å²) in [5, 5.41) is 0. The van der Waals surface area contributed by atoms with Gasteiger partial charge in [-0.05, 0) is 31.1 Å². The second-order valence-electron chi connectivity index (χ2n) is 19.1. The lowest BCUT2D eigenvalue weighted by atomic mass is 10.0. The maximum atomic E-state index is 12.8. The molecule has 6 heteroatoms. The molecule has 0 fully saturated rings. The molecule has 0 amide bonds. The van der Waals surface area contributed by atoms with Crippen molar-refractivity contribution in [2.45, 2.75) is 298 Å². The van der Waals surface area contributed by atoms with E-state index in [9.17, 15) is 14.4 Å². The van der Waals surface area contributed by atoms with Crippen molar-refractivity contribution < 1.29 is 28.6 Å². The monoisotopic (exact) mass is 835 g/mol. The number of hydrogen-bond donors (Lipinski definition) is 0. The number of ether oxygens (including phenoxy) is 3. The van der Waals surface area contributed by atoms with E-state index < -0.39 is 6.10 Å². The van der Waals surface area contributed by atoms with E-state index >= 15 is 0 Å². The third kappa shape index (κ3) is 47.3. The van der Waals surface area contributed by atoms with Crippen LogP contribution in [-0.2, 0) is 28.6 Å². The second kappa shape index (κ2) is 45.9. The van der Waals surface area contributed by atoms with Crippen LogP contribution in [0.4, 0.5) is 0 Å². The van der Waals surface area contributed by atoms with Gasteiger partial charge in [-0.15, -0.1) is 0 Å². The van der Waals surface area contributed by atoms with Crippen LogP contribution in [-0.4, -0.2) is 37.2 Å². The van der Waals surface area contributed by atoms with Gasteiger partial charge in [-0.1, -0.05) is 253 Å². The van der Waals surface area contributed by atoms with Crippen LogP contribution in [0.15, 0.2) is 0 Å². The van der Waals surface area contributed by atoms with Crippen molar-refractivity contribution >= 4 is 17.9 Å². The van der Waals surface area contributed by atoms with E-state index in [1.807, 2.05) is 0 Å². The fraction of sp³-hybridized carbons (Fsp3) is 0.943. The predicted molar refractivity (Wildman–Crippen MR) is 252 cm³/mol. The molecule has 0 radical (unpaired) electrons. The largest absolute Gasteiger partial charge is 0.462 e. The highest BCUT2D eigenvalue weighted by molar-refractivity contribution is 5.71. The maximum Gasteiger partial charge on any atom is 0.306 e. The first kappa shape index (κ1) is 57.4. The lowest BCUT2D eigenvalue weighted by molar-refractivity contribution is -0.167. The van der Waals surface area contributed by atoms with Crippen LogP contribution >= 0.6 is 0 Å². The Morgan fingerprint density at radius 3 is 0.831 bits per heavy atom. The van der Waals surface area contributed by atoms with Crippen LogP contribution in [0.2, 0.25) is 0 Å². The van der Waals surface area contributed by atoms with E-state index in [0.29, 0.717) is 19.3 Å². The summed E-state index contributed by atoms with van der Waals surface area (Å²) in [6, 6.07) is 0. The number of rotatable bonds is 47. The Labute approximate surface area is 368 Å². The van der Waals surface area contributed by atoms with Crippen molar-refractivity contribution in [3.8, 4) is 0 Å². The third-order valence-electron chi connectivity index (χ3n) is 12.0. The zero-order chi connectivity index (χ0) is 43.3. The standard InChI is InChI=1S/C53H102O6/c1-6-7-8-9-10-21-28-33-38-43-51(54)57-46-50(59-53(56)45-40-35-30-25-20-16-18-23-27-32-37-42-49(4)5)47-58-52(55)44-39-34-29-24-19-15-13-11-12-14-17-22-26-31-36-41-48(2)3/h48-50H,6-47H2,1-5H3/t50-/m0/s1. The van der Waals surface area contributed by atoms with E-state index in [-0.39, 0.29) is 31.1 Å². The zero-order valence-corrected chi connectivity index (χ0v) is 40.4. The van der Waals surface area contributed by atoms with Crippen molar-refractivity contribution in [3.05, 3.63) is 0 Å². The average Bonchev–Trinajstić information content (AvgIpc) is 3.20. The molecule has 0 heterocycles. The molecule has 6 nitrogen and oxygen atoms in total. The lowest BCUT2D eigenvalue weighted by Gasteiger charge is -2.18. The highest BCUT2D eigenvalue weighted by Gasteiger charge is 2.19. The van der Waals surface area contributed by atoms with E-state index in [2.05, 4.69) is 34.6 Å². The van der Waals surface area contributed by atoms with Crippen molar-refractivity contribution in [1.29, 1.82) is 0 Å². The van der Waals surface area contributed by atoms with Gasteiger partial charge >= 0.3 is 17.9 Å². The molecule has 0 aliphatic rings. The molecule has 59 heavy (non-hydrogen) atoms. The Morgan fingerprint density at radius 2 is 0.559 bits per heavy atom. The molecule has 1 atom stereocenters. The molecule has 0 saturated heterocycles. The Balaban J connectivity index is 4.24. The number of unbranched alkanes of at least 4 members (excludes halogenated alkanes) is 32. The van der Waals surface area contributed by atoms with Gasteiger partial charge < -0.3 is 14.2 Å². The van der Waals surface area contributed by atoms with Crippen LogP contribution in [0, 0.1) is 11.8 Å². The minimum atomic E-state index is -0.761. The zero-order valence-electron chi connectivity index (χ0n) is 40.4. The van der Waals surface area contributed by atoms with Gasteiger partial charge in [-0.2, -0.15) is 0 Å². The number of carbonyl (C=O) groups is 3. The van der Waals surface area contributed by atoms with E-state index in [1.165, 1.54) is 180 Å². The molecule has 0 aliphatic carbocycles. The smallest absolute Gasteiger partial charge is 0.306 e. The van der Waals surface area contributed by atoms with Gasteiger partial charge in [0, 0.05) is 19.3 Å². The van der Waals surface area contributed by atoms with Crippen molar-refractivity contribution in [3.63, 3.8) is 0 Å².